The van der Waals surface area contributed by atoms with Crippen molar-refractivity contribution in [3.63, 3.8) is 0 Å². The molecule has 0 amide bonds. The van der Waals surface area contributed by atoms with Crippen LogP contribution < -0.4 is 10.2 Å². The van der Waals surface area contributed by atoms with Crippen molar-refractivity contribution in [2.75, 3.05) is 24.5 Å². The Kier molecular flexibility index (Phi) is 6.18. The van der Waals surface area contributed by atoms with Crippen LogP contribution in [0.5, 0.6) is 0 Å². The molecule has 1 heterocycles. The molecule has 3 heteroatoms. The number of halogens is 1. The molecule has 112 valence electrons. The van der Waals surface area contributed by atoms with Crippen LogP contribution >= 0.6 is 11.6 Å². The Labute approximate surface area is 128 Å². The molecule has 1 aliphatic heterocycles. The zero-order valence-corrected chi connectivity index (χ0v) is 13.5. The molecule has 1 aliphatic rings. The predicted molar refractivity (Wildman–Crippen MR) is 88.7 cm³/mol. The third-order valence-electron chi connectivity index (χ3n) is 4.13. The molecule has 1 saturated heterocycles. The van der Waals surface area contributed by atoms with Gasteiger partial charge >= 0.3 is 0 Å². The van der Waals surface area contributed by atoms with E-state index in [4.69, 9.17) is 11.6 Å². The number of rotatable bonds is 7. The highest BCUT2D eigenvalue weighted by molar-refractivity contribution is 6.31. The first-order valence-corrected chi connectivity index (χ1v) is 8.36. The summed E-state index contributed by atoms with van der Waals surface area (Å²) in [6.45, 7) is 8.73. The summed E-state index contributed by atoms with van der Waals surface area (Å²) in [6, 6.07) is 6.54. The van der Waals surface area contributed by atoms with Gasteiger partial charge in [-0.05, 0) is 49.4 Å². The number of anilines is 1. The molecule has 1 N–H and O–H groups in total. The molecule has 0 aromatic heterocycles. The molecule has 2 nitrogen and oxygen atoms in total. The van der Waals surface area contributed by atoms with Crippen molar-refractivity contribution >= 4 is 17.3 Å². The van der Waals surface area contributed by atoms with E-state index in [1.165, 1.54) is 43.6 Å². The van der Waals surface area contributed by atoms with Crippen molar-refractivity contribution in [2.24, 2.45) is 5.92 Å². The maximum atomic E-state index is 6.42. The van der Waals surface area contributed by atoms with Gasteiger partial charge in [0.2, 0.25) is 0 Å². The minimum absolute atomic E-state index is 0.865. The zero-order chi connectivity index (χ0) is 14.4. The smallest absolute Gasteiger partial charge is 0.0471 e. The fourth-order valence-electron chi connectivity index (χ4n) is 2.99. The first kappa shape index (κ1) is 15.7. The first-order chi connectivity index (χ1) is 9.74. The average Bonchev–Trinajstić information content (AvgIpc) is 2.90. The Morgan fingerprint density at radius 3 is 2.85 bits per heavy atom. The number of benzene rings is 1. The van der Waals surface area contributed by atoms with Gasteiger partial charge in [-0.3, -0.25) is 0 Å². The van der Waals surface area contributed by atoms with Gasteiger partial charge in [0.05, 0.1) is 0 Å². The van der Waals surface area contributed by atoms with E-state index in [1.54, 1.807) is 0 Å². The van der Waals surface area contributed by atoms with Gasteiger partial charge in [0.15, 0.2) is 0 Å². The van der Waals surface area contributed by atoms with E-state index in [0.29, 0.717) is 0 Å². The van der Waals surface area contributed by atoms with E-state index >= 15 is 0 Å². The number of nitrogens with zero attached hydrogens (tertiary/aromatic N) is 1. The minimum atomic E-state index is 0.865. The SMILES string of the molecule is CCCNCc1ccc(N2CCC(CCC)C2)cc1Cl. The lowest BCUT2D eigenvalue weighted by molar-refractivity contribution is 0.530. The second-order valence-corrected chi connectivity index (χ2v) is 6.25. The fraction of sp³-hybridized carbons (Fsp3) is 0.647. The summed E-state index contributed by atoms with van der Waals surface area (Å²) in [5, 5.41) is 4.30. The van der Waals surface area contributed by atoms with Gasteiger partial charge in [0.25, 0.3) is 0 Å². The number of hydrogen-bond acceptors (Lipinski definition) is 2. The third kappa shape index (κ3) is 4.13. The second-order valence-electron chi connectivity index (χ2n) is 5.84. The normalized spacial score (nSPS) is 18.8. The highest BCUT2D eigenvalue weighted by atomic mass is 35.5. The second kappa shape index (κ2) is 7.90. The highest BCUT2D eigenvalue weighted by Gasteiger charge is 2.22. The van der Waals surface area contributed by atoms with Crippen molar-refractivity contribution in [1.29, 1.82) is 0 Å². The molecule has 1 aromatic rings. The van der Waals surface area contributed by atoms with Crippen LogP contribution in [0.2, 0.25) is 5.02 Å². The number of nitrogens with one attached hydrogen (secondary N) is 1. The van der Waals surface area contributed by atoms with Crippen LogP contribution in [0.4, 0.5) is 5.69 Å². The van der Waals surface area contributed by atoms with Crippen molar-refractivity contribution < 1.29 is 0 Å². The lowest BCUT2D eigenvalue weighted by Crippen LogP contribution is -2.20. The largest absolute Gasteiger partial charge is 0.371 e. The summed E-state index contributed by atoms with van der Waals surface area (Å²) in [4.78, 5) is 2.48. The van der Waals surface area contributed by atoms with Crippen LogP contribution in [0.15, 0.2) is 18.2 Å². The van der Waals surface area contributed by atoms with Crippen LogP contribution in [0.1, 0.15) is 45.1 Å². The van der Waals surface area contributed by atoms with E-state index in [0.717, 1.165) is 30.5 Å². The van der Waals surface area contributed by atoms with Gasteiger partial charge in [-0.15, -0.1) is 0 Å². The quantitative estimate of drug-likeness (QED) is 0.747. The Morgan fingerprint density at radius 2 is 2.15 bits per heavy atom. The van der Waals surface area contributed by atoms with Crippen molar-refractivity contribution in [2.45, 2.75) is 46.1 Å². The van der Waals surface area contributed by atoms with Crippen LogP contribution in [-0.4, -0.2) is 19.6 Å². The Hall–Kier alpha value is -0.730. The van der Waals surface area contributed by atoms with Crippen molar-refractivity contribution in [1.82, 2.24) is 5.32 Å². The van der Waals surface area contributed by atoms with Crippen LogP contribution in [0.25, 0.3) is 0 Å². The van der Waals surface area contributed by atoms with E-state index in [-0.39, 0.29) is 0 Å². The average molecular weight is 295 g/mol. The molecule has 0 saturated carbocycles. The molecular weight excluding hydrogens is 268 g/mol. The van der Waals surface area contributed by atoms with Gasteiger partial charge in [0.1, 0.15) is 0 Å². The first-order valence-electron chi connectivity index (χ1n) is 7.98. The van der Waals surface area contributed by atoms with Crippen LogP contribution in [0.3, 0.4) is 0 Å². The minimum Gasteiger partial charge on any atom is -0.371 e. The molecule has 0 bridgehead atoms. The molecule has 0 aliphatic carbocycles. The lowest BCUT2D eigenvalue weighted by Gasteiger charge is -2.20. The summed E-state index contributed by atoms with van der Waals surface area (Å²) in [6.07, 6.45) is 5.12. The maximum Gasteiger partial charge on any atom is 0.0471 e. The topological polar surface area (TPSA) is 15.3 Å². The highest BCUT2D eigenvalue weighted by Crippen LogP contribution is 2.29. The third-order valence-corrected chi connectivity index (χ3v) is 4.48. The standard InChI is InChI=1S/C17H27ClN2/c1-3-5-14-8-10-20(13-14)16-7-6-15(17(18)11-16)12-19-9-4-2/h6-7,11,14,19H,3-5,8-10,12-13H2,1-2H3. The Morgan fingerprint density at radius 1 is 1.30 bits per heavy atom. The van der Waals surface area contributed by atoms with Crippen molar-refractivity contribution in [3.05, 3.63) is 28.8 Å². The van der Waals surface area contributed by atoms with Crippen LogP contribution in [-0.2, 0) is 6.54 Å². The van der Waals surface area contributed by atoms with Gasteiger partial charge in [-0.2, -0.15) is 0 Å². The molecule has 1 fully saturated rings. The monoisotopic (exact) mass is 294 g/mol. The van der Waals surface area contributed by atoms with Gasteiger partial charge < -0.3 is 10.2 Å². The summed E-state index contributed by atoms with van der Waals surface area (Å²) in [5.74, 6) is 0.865. The fourth-order valence-corrected chi connectivity index (χ4v) is 3.23. The molecule has 1 unspecified atom stereocenters. The zero-order valence-electron chi connectivity index (χ0n) is 12.8. The molecular formula is C17H27ClN2. The summed E-state index contributed by atoms with van der Waals surface area (Å²) >= 11 is 6.42. The van der Waals surface area contributed by atoms with Gasteiger partial charge in [0, 0.05) is 30.3 Å². The molecule has 20 heavy (non-hydrogen) atoms. The van der Waals surface area contributed by atoms with Gasteiger partial charge in [-0.25, -0.2) is 0 Å². The molecule has 1 aromatic carbocycles. The Bertz CT molecular complexity index is 419. The van der Waals surface area contributed by atoms with E-state index in [2.05, 4.69) is 42.3 Å². The summed E-state index contributed by atoms with van der Waals surface area (Å²) in [5.41, 5.74) is 2.49. The lowest BCUT2D eigenvalue weighted by atomic mass is 10.0. The Balaban J connectivity index is 1.95. The molecule has 1 atom stereocenters. The van der Waals surface area contributed by atoms with E-state index in [9.17, 15) is 0 Å². The molecule has 2 rings (SSSR count). The summed E-state index contributed by atoms with van der Waals surface area (Å²) in [7, 11) is 0. The van der Waals surface area contributed by atoms with Crippen LogP contribution in [0, 0.1) is 5.92 Å². The predicted octanol–water partition coefficient (Wildman–Crippen LogP) is 4.47. The van der Waals surface area contributed by atoms with E-state index in [1.807, 2.05) is 0 Å². The molecule has 0 radical (unpaired) electrons. The maximum absolute atomic E-state index is 6.42. The van der Waals surface area contributed by atoms with E-state index < -0.39 is 0 Å². The number of hydrogen-bond donors (Lipinski definition) is 1. The molecule has 0 spiro atoms. The van der Waals surface area contributed by atoms with Crippen molar-refractivity contribution in [3.8, 4) is 0 Å². The summed E-state index contributed by atoms with van der Waals surface area (Å²) < 4.78 is 0. The van der Waals surface area contributed by atoms with Gasteiger partial charge in [-0.1, -0.05) is 37.9 Å².